The van der Waals surface area contributed by atoms with Crippen molar-refractivity contribution in [3.05, 3.63) is 30.1 Å². The highest BCUT2D eigenvalue weighted by Gasteiger charge is 2.49. The lowest BCUT2D eigenvalue weighted by molar-refractivity contribution is -0.126. The average molecular weight is 385 g/mol. The summed E-state index contributed by atoms with van der Waals surface area (Å²) in [7, 11) is -4.86. The minimum Gasteiger partial charge on any atom is -0.309 e. The van der Waals surface area contributed by atoms with Crippen LogP contribution in [-0.4, -0.2) is 64.4 Å². The normalized spacial score (nSPS) is 22.3. The van der Waals surface area contributed by atoms with E-state index in [0.717, 1.165) is 4.90 Å². The van der Waals surface area contributed by atoms with Gasteiger partial charge in [-0.05, 0) is 25.0 Å². The van der Waals surface area contributed by atoms with Crippen LogP contribution in [0.4, 0.5) is 4.79 Å². The minimum absolute atomic E-state index is 0.0562. The van der Waals surface area contributed by atoms with Gasteiger partial charge in [0, 0.05) is 12.7 Å². The highest BCUT2D eigenvalue weighted by Crippen LogP contribution is 2.30. The average Bonchev–Trinajstić information content (AvgIpc) is 2.84. The number of nitrogens with one attached hydrogen (secondary N) is 2. The number of hydrazine groups is 1. The monoisotopic (exact) mass is 385 g/mol. The first-order valence-electron chi connectivity index (χ1n) is 7.54. The van der Waals surface area contributed by atoms with Crippen molar-refractivity contribution in [2.45, 2.75) is 24.9 Å². The molecule has 0 saturated carbocycles. The van der Waals surface area contributed by atoms with Crippen LogP contribution in [0.2, 0.25) is 0 Å². The summed E-state index contributed by atoms with van der Waals surface area (Å²) in [6.45, 7) is 0.0562. The van der Waals surface area contributed by atoms with Crippen LogP contribution in [0, 0.1) is 0 Å². The summed E-state index contributed by atoms with van der Waals surface area (Å²) in [4.78, 5) is 41.3. The first-order chi connectivity index (χ1) is 12.3. The molecule has 3 N–H and O–H groups in total. The van der Waals surface area contributed by atoms with E-state index in [2.05, 4.69) is 20.1 Å². The Morgan fingerprint density at radius 1 is 1.27 bits per heavy atom. The van der Waals surface area contributed by atoms with Gasteiger partial charge < -0.3 is 4.90 Å². The lowest BCUT2D eigenvalue weighted by Gasteiger charge is -2.29. The number of fused-ring (bicyclic) bond motifs is 2. The second-order valence-corrected chi connectivity index (χ2v) is 6.67. The molecule has 4 amide bonds. The fourth-order valence-electron chi connectivity index (χ4n) is 2.87. The predicted molar refractivity (Wildman–Crippen MR) is 83.2 cm³/mol. The number of carbonyl (C=O) groups is 3. The predicted octanol–water partition coefficient (Wildman–Crippen LogP) is -1.15. The number of urea groups is 1. The molecule has 0 spiro atoms. The number of pyridine rings is 1. The van der Waals surface area contributed by atoms with E-state index < -0.39 is 40.3 Å². The molecule has 13 heteroatoms. The van der Waals surface area contributed by atoms with Crippen molar-refractivity contribution in [1.29, 1.82) is 0 Å². The van der Waals surface area contributed by atoms with Gasteiger partial charge in [-0.2, -0.15) is 13.5 Å². The van der Waals surface area contributed by atoms with Crippen molar-refractivity contribution in [3.8, 4) is 0 Å². The molecule has 2 fully saturated rings. The zero-order valence-electron chi connectivity index (χ0n) is 13.2. The van der Waals surface area contributed by atoms with Crippen molar-refractivity contribution >= 4 is 28.2 Å². The molecule has 140 valence electrons. The van der Waals surface area contributed by atoms with Crippen LogP contribution in [0.15, 0.2) is 24.4 Å². The first kappa shape index (κ1) is 18.0. The van der Waals surface area contributed by atoms with Crippen LogP contribution in [0.25, 0.3) is 0 Å². The Morgan fingerprint density at radius 2 is 2.04 bits per heavy atom. The SMILES string of the molecule is O=C(NNC(=O)[C@@H]1CCC2CN1C(=O)N2OS(=O)(=O)O)c1ccccn1. The maximum atomic E-state index is 12.3. The number of hydroxylamine groups is 2. The summed E-state index contributed by atoms with van der Waals surface area (Å²) in [6, 6.07) is 2.32. The van der Waals surface area contributed by atoms with Gasteiger partial charge in [-0.25, -0.2) is 4.79 Å². The van der Waals surface area contributed by atoms with E-state index in [9.17, 15) is 22.8 Å². The standard InChI is InChI=1S/C13H15N5O7S/c19-11(9-3-1-2-6-14-9)15-16-12(20)10-5-4-8-7-17(10)13(21)18(8)25-26(22,23)24/h1-3,6,8,10H,4-5,7H2,(H,15,19)(H,16,20)(H,22,23,24)/t8?,10-/m0/s1. The van der Waals surface area contributed by atoms with Crippen LogP contribution < -0.4 is 10.9 Å². The lowest BCUT2D eigenvalue weighted by Crippen LogP contribution is -2.54. The summed E-state index contributed by atoms with van der Waals surface area (Å²) in [5.74, 6) is -1.27. The van der Waals surface area contributed by atoms with E-state index in [1.165, 1.54) is 12.3 Å². The third kappa shape index (κ3) is 3.74. The van der Waals surface area contributed by atoms with Crippen LogP contribution in [0.1, 0.15) is 23.3 Å². The zero-order chi connectivity index (χ0) is 18.9. The Kier molecular flexibility index (Phi) is 4.76. The molecule has 2 bridgehead atoms. The molecule has 0 radical (unpaired) electrons. The molecule has 2 atom stereocenters. The van der Waals surface area contributed by atoms with Crippen molar-refractivity contribution in [2.75, 3.05) is 6.54 Å². The van der Waals surface area contributed by atoms with Gasteiger partial charge in [0.2, 0.25) is 0 Å². The van der Waals surface area contributed by atoms with Gasteiger partial charge in [-0.3, -0.25) is 30.0 Å². The summed E-state index contributed by atoms with van der Waals surface area (Å²) in [6.07, 6.45) is 1.93. The molecule has 1 aromatic rings. The van der Waals surface area contributed by atoms with Crippen molar-refractivity contribution in [3.63, 3.8) is 0 Å². The Morgan fingerprint density at radius 3 is 2.69 bits per heavy atom. The van der Waals surface area contributed by atoms with Crippen LogP contribution in [0.5, 0.6) is 0 Å². The zero-order valence-corrected chi connectivity index (χ0v) is 14.0. The second-order valence-electron chi connectivity index (χ2n) is 5.67. The molecule has 2 saturated heterocycles. The topological polar surface area (TPSA) is 158 Å². The summed E-state index contributed by atoms with van der Waals surface area (Å²) < 4.78 is 34.7. The fourth-order valence-corrected chi connectivity index (χ4v) is 3.26. The Bertz CT molecular complexity index is 831. The summed E-state index contributed by atoms with van der Waals surface area (Å²) in [5.41, 5.74) is 4.52. The number of hydrogen-bond donors (Lipinski definition) is 3. The van der Waals surface area contributed by atoms with E-state index in [0.29, 0.717) is 5.06 Å². The third-order valence-corrected chi connectivity index (χ3v) is 4.35. The maximum Gasteiger partial charge on any atom is 0.418 e. The molecule has 1 unspecified atom stereocenters. The quantitative estimate of drug-likeness (QED) is 0.433. The molecule has 26 heavy (non-hydrogen) atoms. The molecule has 12 nitrogen and oxygen atoms in total. The van der Waals surface area contributed by atoms with E-state index in [4.69, 9.17) is 4.55 Å². The molecule has 0 aromatic carbocycles. The second kappa shape index (κ2) is 6.86. The van der Waals surface area contributed by atoms with E-state index in [1.807, 2.05) is 0 Å². The number of rotatable bonds is 4. The summed E-state index contributed by atoms with van der Waals surface area (Å²) >= 11 is 0. The van der Waals surface area contributed by atoms with Gasteiger partial charge >= 0.3 is 16.4 Å². The van der Waals surface area contributed by atoms with Gasteiger partial charge in [0.1, 0.15) is 11.7 Å². The van der Waals surface area contributed by atoms with Gasteiger partial charge in [0.05, 0.1) is 6.04 Å². The van der Waals surface area contributed by atoms with Gasteiger partial charge in [0.15, 0.2) is 0 Å². The Hall–Kier alpha value is -2.77. The number of hydrogen-bond acceptors (Lipinski definition) is 7. The third-order valence-electron chi connectivity index (χ3n) is 4.00. The van der Waals surface area contributed by atoms with E-state index in [1.54, 1.807) is 12.1 Å². The van der Waals surface area contributed by atoms with Crippen molar-refractivity contribution < 1.29 is 31.6 Å². The minimum atomic E-state index is -4.86. The Balaban J connectivity index is 1.61. The molecular formula is C13H15N5O7S. The molecule has 2 aliphatic heterocycles. The number of nitrogens with zero attached hydrogens (tertiary/aromatic N) is 3. The molecular weight excluding hydrogens is 370 g/mol. The lowest BCUT2D eigenvalue weighted by atomic mass is 10.0. The van der Waals surface area contributed by atoms with Crippen molar-refractivity contribution in [1.82, 2.24) is 25.8 Å². The molecule has 3 heterocycles. The number of piperidine rings is 1. The van der Waals surface area contributed by atoms with Crippen LogP contribution >= 0.6 is 0 Å². The molecule has 2 aliphatic rings. The van der Waals surface area contributed by atoms with Gasteiger partial charge in [0.25, 0.3) is 11.8 Å². The van der Waals surface area contributed by atoms with Gasteiger partial charge in [-0.15, -0.1) is 4.28 Å². The largest absolute Gasteiger partial charge is 0.418 e. The van der Waals surface area contributed by atoms with E-state index in [-0.39, 0.29) is 25.1 Å². The highest BCUT2D eigenvalue weighted by molar-refractivity contribution is 7.80. The fraction of sp³-hybridized carbons (Fsp3) is 0.385. The molecule has 3 rings (SSSR count). The molecule has 0 aliphatic carbocycles. The van der Waals surface area contributed by atoms with Gasteiger partial charge in [-0.1, -0.05) is 6.07 Å². The van der Waals surface area contributed by atoms with Crippen LogP contribution in [-0.2, 0) is 19.5 Å². The van der Waals surface area contributed by atoms with Crippen LogP contribution in [0.3, 0.4) is 0 Å². The summed E-state index contributed by atoms with van der Waals surface area (Å²) in [5, 5.41) is 0.537. The number of carbonyl (C=O) groups excluding carboxylic acids is 3. The smallest absolute Gasteiger partial charge is 0.309 e. The Labute approximate surface area is 148 Å². The number of aromatic nitrogens is 1. The van der Waals surface area contributed by atoms with Crippen molar-refractivity contribution in [2.24, 2.45) is 0 Å². The van der Waals surface area contributed by atoms with E-state index >= 15 is 0 Å². The maximum absolute atomic E-state index is 12.3. The first-order valence-corrected chi connectivity index (χ1v) is 8.91. The highest BCUT2D eigenvalue weighted by atomic mass is 32.3. The molecule has 1 aromatic heterocycles. The number of amides is 4.